The standard InChI is InChI=1S/C12H13BrN4O2/c1-7-5-9(3-4-10(7)13)11-14-15-16-17(11)6-8(2)12(18)19/h3-5,8H,6H2,1-2H3,(H,18,19). The van der Waals surface area contributed by atoms with Gasteiger partial charge < -0.3 is 5.11 Å². The van der Waals surface area contributed by atoms with E-state index >= 15 is 0 Å². The molecule has 0 saturated heterocycles. The van der Waals surface area contributed by atoms with Crippen molar-refractivity contribution in [1.29, 1.82) is 0 Å². The number of aliphatic carboxylic acids is 1. The number of aryl methyl sites for hydroxylation is 1. The summed E-state index contributed by atoms with van der Waals surface area (Å²) in [6, 6.07) is 5.77. The van der Waals surface area contributed by atoms with Crippen LogP contribution in [0.2, 0.25) is 0 Å². The Labute approximate surface area is 118 Å². The van der Waals surface area contributed by atoms with Crippen LogP contribution in [-0.2, 0) is 11.3 Å². The van der Waals surface area contributed by atoms with E-state index < -0.39 is 11.9 Å². The molecular weight excluding hydrogens is 312 g/mol. The van der Waals surface area contributed by atoms with E-state index in [0.717, 1.165) is 15.6 Å². The van der Waals surface area contributed by atoms with Gasteiger partial charge in [-0.05, 0) is 41.1 Å². The van der Waals surface area contributed by atoms with E-state index in [1.807, 2.05) is 25.1 Å². The van der Waals surface area contributed by atoms with Crippen molar-refractivity contribution in [2.75, 3.05) is 0 Å². The van der Waals surface area contributed by atoms with Gasteiger partial charge in [0, 0.05) is 10.0 Å². The topological polar surface area (TPSA) is 80.9 Å². The Kier molecular flexibility index (Phi) is 3.94. The minimum atomic E-state index is -0.867. The van der Waals surface area contributed by atoms with Crippen molar-refractivity contribution in [2.24, 2.45) is 5.92 Å². The minimum absolute atomic E-state index is 0.243. The van der Waals surface area contributed by atoms with Crippen molar-refractivity contribution in [3.8, 4) is 11.4 Å². The molecule has 1 aromatic carbocycles. The number of hydrogen-bond donors (Lipinski definition) is 1. The van der Waals surface area contributed by atoms with Crippen molar-refractivity contribution >= 4 is 21.9 Å². The second-order valence-corrected chi connectivity index (χ2v) is 5.24. The number of nitrogens with zero attached hydrogens (tertiary/aromatic N) is 4. The number of hydrogen-bond acceptors (Lipinski definition) is 4. The fraction of sp³-hybridized carbons (Fsp3) is 0.333. The normalized spacial score (nSPS) is 12.4. The molecule has 7 heteroatoms. The maximum absolute atomic E-state index is 10.9. The smallest absolute Gasteiger partial charge is 0.308 e. The van der Waals surface area contributed by atoms with Crippen LogP contribution in [0.4, 0.5) is 0 Å². The number of halogens is 1. The zero-order valence-corrected chi connectivity index (χ0v) is 12.1. The average Bonchev–Trinajstić information content (AvgIpc) is 2.80. The Hall–Kier alpha value is -1.76. The lowest BCUT2D eigenvalue weighted by Crippen LogP contribution is -2.18. The molecule has 0 radical (unpaired) electrons. The molecule has 19 heavy (non-hydrogen) atoms. The molecule has 0 fully saturated rings. The summed E-state index contributed by atoms with van der Waals surface area (Å²) < 4.78 is 2.52. The molecule has 0 bridgehead atoms. The van der Waals surface area contributed by atoms with E-state index in [1.165, 1.54) is 4.68 Å². The Morgan fingerprint density at radius 1 is 1.53 bits per heavy atom. The van der Waals surface area contributed by atoms with Gasteiger partial charge in [0.15, 0.2) is 5.82 Å². The SMILES string of the molecule is Cc1cc(-c2nnnn2CC(C)C(=O)O)ccc1Br. The summed E-state index contributed by atoms with van der Waals surface area (Å²) in [6.45, 7) is 3.84. The highest BCUT2D eigenvalue weighted by Gasteiger charge is 2.16. The van der Waals surface area contributed by atoms with Crippen LogP contribution >= 0.6 is 15.9 Å². The van der Waals surface area contributed by atoms with E-state index in [9.17, 15) is 4.79 Å². The number of carboxylic acids is 1. The molecule has 6 nitrogen and oxygen atoms in total. The van der Waals surface area contributed by atoms with E-state index in [0.29, 0.717) is 5.82 Å². The molecule has 1 N–H and O–H groups in total. The third-order valence-corrected chi connectivity index (χ3v) is 3.71. The molecule has 2 rings (SSSR count). The zero-order chi connectivity index (χ0) is 14.0. The molecule has 0 amide bonds. The molecule has 0 aliphatic carbocycles. The minimum Gasteiger partial charge on any atom is -0.481 e. The number of tetrazole rings is 1. The summed E-state index contributed by atoms with van der Waals surface area (Å²) in [5, 5.41) is 20.4. The number of carbonyl (C=O) groups is 1. The van der Waals surface area contributed by atoms with Crippen LogP contribution in [0.1, 0.15) is 12.5 Å². The Balaban J connectivity index is 2.33. The van der Waals surface area contributed by atoms with Crippen LogP contribution in [0.5, 0.6) is 0 Å². The van der Waals surface area contributed by atoms with Gasteiger partial charge >= 0.3 is 5.97 Å². The van der Waals surface area contributed by atoms with Crippen LogP contribution in [0.3, 0.4) is 0 Å². The van der Waals surface area contributed by atoms with Crippen LogP contribution < -0.4 is 0 Å². The van der Waals surface area contributed by atoms with Crippen LogP contribution in [-0.4, -0.2) is 31.3 Å². The van der Waals surface area contributed by atoms with Gasteiger partial charge in [0.2, 0.25) is 0 Å². The molecule has 1 atom stereocenters. The second kappa shape index (κ2) is 5.48. The van der Waals surface area contributed by atoms with Gasteiger partial charge in [-0.25, -0.2) is 4.68 Å². The van der Waals surface area contributed by atoms with E-state index in [-0.39, 0.29) is 6.54 Å². The predicted octanol–water partition coefficient (Wildman–Crippen LogP) is 2.13. The highest BCUT2D eigenvalue weighted by atomic mass is 79.9. The third kappa shape index (κ3) is 2.98. The number of rotatable bonds is 4. The molecule has 0 spiro atoms. The molecule has 1 heterocycles. The quantitative estimate of drug-likeness (QED) is 0.931. The lowest BCUT2D eigenvalue weighted by Gasteiger charge is -2.08. The molecule has 0 aliphatic heterocycles. The number of aromatic nitrogens is 4. The maximum atomic E-state index is 10.9. The van der Waals surface area contributed by atoms with E-state index in [4.69, 9.17) is 5.11 Å². The van der Waals surface area contributed by atoms with Gasteiger partial charge in [0.25, 0.3) is 0 Å². The highest BCUT2D eigenvalue weighted by molar-refractivity contribution is 9.10. The molecule has 0 saturated carbocycles. The summed E-state index contributed by atoms with van der Waals surface area (Å²) in [4.78, 5) is 10.9. The van der Waals surface area contributed by atoms with Crippen molar-refractivity contribution in [1.82, 2.24) is 20.2 Å². The molecule has 2 aromatic rings. The Bertz CT molecular complexity index is 612. The van der Waals surface area contributed by atoms with E-state index in [1.54, 1.807) is 6.92 Å². The monoisotopic (exact) mass is 324 g/mol. The van der Waals surface area contributed by atoms with Gasteiger partial charge in [-0.1, -0.05) is 22.9 Å². The number of carboxylic acid groups (broad SMARTS) is 1. The van der Waals surface area contributed by atoms with Gasteiger partial charge in [-0.2, -0.15) is 0 Å². The zero-order valence-electron chi connectivity index (χ0n) is 10.5. The number of benzene rings is 1. The summed E-state index contributed by atoms with van der Waals surface area (Å²) in [5.41, 5.74) is 1.93. The summed E-state index contributed by atoms with van der Waals surface area (Å²) >= 11 is 3.43. The summed E-state index contributed by atoms with van der Waals surface area (Å²) in [5.74, 6) is -0.837. The van der Waals surface area contributed by atoms with Crippen molar-refractivity contribution in [3.63, 3.8) is 0 Å². The van der Waals surface area contributed by atoms with Crippen LogP contribution in [0.15, 0.2) is 22.7 Å². The summed E-state index contributed by atoms with van der Waals surface area (Å²) in [7, 11) is 0. The fourth-order valence-corrected chi connectivity index (χ4v) is 1.90. The lowest BCUT2D eigenvalue weighted by molar-refractivity contribution is -0.141. The predicted molar refractivity (Wildman–Crippen MR) is 72.5 cm³/mol. The van der Waals surface area contributed by atoms with Gasteiger partial charge in [-0.3, -0.25) is 4.79 Å². The van der Waals surface area contributed by atoms with Crippen molar-refractivity contribution < 1.29 is 9.90 Å². The molecular formula is C12H13BrN4O2. The van der Waals surface area contributed by atoms with E-state index in [2.05, 4.69) is 31.5 Å². The summed E-state index contributed by atoms with van der Waals surface area (Å²) in [6.07, 6.45) is 0. The molecule has 0 aliphatic rings. The second-order valence-electron chi connectivity index (χ2n) is 4.39. The highest BCUT2D eigenvalue weighted by Crippen LogP contribution is 2.23. The largest absolute Gasteiger partial charge is 0.481 e. The Morgan fingerprint density at radius 2 is 2.26 bits per heavy atom. The average molecular weight is 325 g/mol. The first kappa shape index (κ1) is 13.7. The lowest BCUT2D eigenvalue weighted by atomic mass is 10.1. The Morgan fingerprint density at radius 3 is 2.89 bits per heavy atom. The molecule has 1 aromatic heterocycles. The molecule has 1 unspecified atom stereocenters. The van der Waals surface area contributed by atoms with Crippen molar-refractivity contribution in [2.45, 2.75) is 20.4 Å². The van der Waals surface area contributed by atoms with Crippen LogP contribution in [0, 0.1) is 12.8 Å². The van der Waals surface area contributed by atoms with Gasteiger partial charge in [0.1, 0.15) is 0 Å². The molecule has 100 valence electrons. The van der Waals surface area contributed by atoms with Gasteiger partial charge in [-0.15, -0.1) is 5.10 Å². The van der Waals surface area contributed by atoms with Crippen molar-refractivity contribution in [3.05, 3.63) is 28.2 Å². The fourth-order valence-electron chi connectivity index (χ4n) is 1.66. The first-order valence-corrected chi connectivity index (χ1v) is 6.54. The third-order valence-electron chi connectivity index (χ3n) is 2.82. The first-order valence-electron chi connectivity index (χ1n) is 5.74. The van der Waals surface area contributed by atoms with Gasteiger partial charge in [0.05, 0.1) is 12.5 Å². The maximum Gasteiger partial charge on any atom is 0.308 e. The first-order chi connectivity index (χ1) is 8.99. The van der Waals surface area contributed by atoms with Crippen LogP contribution in [0.25, 0.3) is 11.4 Å².